The quantitative estimate of drug-likeness (QED) is 0.801. The monoisotopic (exact) mass is 240 g/mol. The van der Waals surface area contributed by atoms with E-state index in [9.17, 15) is 4.79 Å². The van der Waals surface area contributed by atoms with Gasteiger partial charge in [0.05, 0.1) is 13.2 Å². The summed E-state index contributed by atoms with van der Waals surface area (Å²) in [6.45, 7) is 5.24. The van der Waals surface area contributed by atoms with Gasteiger partial charge in [-0.1, -0.05) is 12.8 Å². The van der Waals surface area contributed by atoms with E-state index in [2.05, 4.69) is 17.1 Å². The van der Waals surface area contributed by atoms with Gasteiger partial charge in [-0.25, -0.2) is 0 Å². The fourth-order valence-corrected chi connectivity index (χ4v) is 2.93. The van der Waals surface area contributed by atoms with E-state index in [-0.39, 0.29) is 6.04 Å². The van der Waals surface area contributed by atoms with Crippen LogP contribution < -0.4 is 5.32 Å². The number of morpholine rings is 1. The van der Waals surface area contributed by atoms with Gasteiger partial charge in [0.15, 0.2) is 0 Å². The summed E-state index contributed by atoms with van der Waals surface area (Å²) in [5, 5.41) is 3.35. The molecule has 1 atom stereocenters. The highest BCUT2D eigenvalue weighted by atomic mass is 16.5. The molecule has 1 aliphatic heterocycles. The average molecular weight is 240 g/mol. The third-order valence-electron chi connectivity index (χ3n) is 3.85. The summed E-state index contributed by atoms with van der Waals surface area (Å²) in [6, 6.07) is 0.712. The van der Waals surface area contributed by atoms with E-state index in [1.165, 1.54) is 25.7 Å². The van der Waals surface area contributed by atoms with Crippen LogP contribution in [0.15, 0.2) is 0 Å². The molecule has 0 spiro atoms. The van der Waals surface area contributed by atoms with Gasteiger partial charge in [-0.3, -0.25) is 4.79 Å². The summed E-state index contributed by atoms with van der Waals surface area (Å²) in [5.41, 5.74) is 0. The van der Waals surface area contributed by atoms with Crippen LogP contribution in [0.1, 0.15) is 39.0 Å². The van der Waals surface area contributed by atoms with E-state index in [1.54, 1.807) is 0 Å². The minimum atomic E-state index is 0.215. The van der Waals surface area contributed by atoms with Crippen LogP contribution in [0.25, 0.3) is 0 Å². The van der Waals surface area contributed by atoms with Crippen molar-refractivity contribution in [1.82, 2.24) is 10.2 Å². The molecule has 2 aliphatic rings. The molecule has 4 heteroatoms. The molecule has 1 amide bonds. The van der Waals surface area contributed by atoms with Crippen LogP contribution in [0.4, 0.5) is 0 Å². The molecular weight excluding hydrogens is 216 g/mol. The minimum Gasteiger partial charge on any atom is -0.378 e. The van der Waals surface area contributed by atoms with Gasteiger partial charge >= 0.3 is 0 Å². The Morgan fingerprint density at radius 2 is 2.18 bits per heavy atom. The molecule has 0 aromatic heterocycles. The van der Waals surface area contributed by atoms with E-state index < -0.39 is 0 Å². The molecule has 2 rings (SSSR count). The Hall–Kier alpha value is -0.610. The Kier molecular flexibility index (Phi) is 4.80. The molecular formula is C13H24N2O2. The Balaban J connectivity index is 1.83. The minimum absolute atomic E-state index is 0.215. The van der Waals surface area contributed by atoms with Crippen molar-refractivity contribution in [3.8, 4) is 0 Å². The molecule has 0 bridgehead atoms. The molecule has 1 saturated carbocycles. The number of nitrogens with one attached hydrogen (secondary N) is 1. The van der Waals surface area contributed by atoms with E-state index >= 15 is 0 Å². The number of nitrogens with zero attached hydrogens (tertiary/aromatic N) is 1. The van der Waals surface area contributed by atoms with Gasteiger partial charge in [0, 0.05) is 31.6 Å². The van der Waals surface area contributed by atoms with Gasteiger partial charge in [0.1, 0.15) is 0 Å². The zero-order chi connectivity index (χ0) is 12.1. The van der Waals surface area contributed by atoms with Crippen LogP contribution in [-0.2, 0) is 9.53 Å². The normalized spacial score (nSPS) is 26.1. The first kappa shape index (κ1) is 12.8. The summed E-state index contributed by atoms with van der Waals surface area (Å²) < 4.78 is 5.39. The first-order valence-corrected chi connectivity index (χ1v) is 6.92. The lowest BCUT2D eigenvalue weighted by molar-refractivity contribution is -0.134. The van der Waals surface area contributed by atoms with Crippen LogP contribution in [0, 0.1) is 0 Å². The number of hydrogen-bond donors (Lipinski definition) is 1. The molecule has 1 N–H and O–H groups in total. The van der Waals surface area contributed by atoms with Gasteiger partial charge in [0.2, 0.25) is 5.91 Å². The van der Waals surface area contributed by atoms with Crippen LogP contribution in [0.2, 0.25) is 0 Å². The maximum atomic E-state index is 12.3. The number of ether oxygens (including phenoxy) is 1. The first-order valence-electron chi connectivity index (χ1n) is 6.92. The average Bonchev–Trinajstić information content (AvgIpc) is 2.85. The number of amides is 1. The molecule has 0 radical (unpaired) electrons. The third-order valence-corrected chi connectivity index (χ3v) is 3.85. The SMILES string of the molecule is CCN(C(=O)CC1COCCN1)C1CCCC1. The lowest BCUT2D eigenvalue weighted by Gasteiger charge is -2.30. The summed E-state index contributed by atoms with van der Waals surface area (Å²) in [5.74, 6) is 0.294. The molecule has 1 unspecified atom stereocenters. The molecule has 98 valence electrons. The third kappa shape index (κ3) is 3.42. The fourth-order valence-electron chi connectivity index (χ4n) is 2.93. The lowest BCUT2D eigenvalue weighted by atomic mass is 10.1. The van der Waals surface area contributed by atoms with Crippen LogP contribution >= 0.6 is 0 Å². The lowest BCUT2D eigenvalue weighted by Crippen LogP contribution is -2.47. The summed E-state index contributed by atoms with van der Waals surface area (Å²) >= 11 is 0. The first-order chi connectivity index (χ1) is 8.31. The molecule has 17 heavy (non-hydrogen) atoms. The number of carbonyl (C=O) groups excluding carboxylic acids is 1. The number of rotatable bonds is 4. The molecule has 0 aromatic carbocycles. The highest BCUT2D eigenvalue weighted by Crippen LogP contribution is 2.24. The van der Waals surface area contributed by atoms with Crippen molar-refractivity contribution >= 4 is 5.91 Å². The highest BCUT2D eigenvalue weighted by molar-refractivity contribution is 5.77. The Morgan fingerprint density at radius 1 is 1.41 bits per heavy atom. The van der Waals surface area contributed by atoms with Crippen LogP contribution in [0.3, 0.4) is 0 Å². The summed E-state index contributed by atoms with van der Waals surface area (Å²) in [6.07, 6.45) is 5.52. The standard InChI is InChI=1S/C13H24N2O2/c1-2-15(12-5-3-4-6-12)13(16)9-11-10-17-8-7-14-11/h11-12,14H,2-10H2,1H3. The van der Waals surface area contributed by atoms with Crippen LogP contribution in [-0.4, -0.2) is 49.2 Å². The predicted octanol–water partition coefficient (Wildman–Crippen LogP) is 1.16. The Labute approximate surface area is 104 Å². The van der Waals surface area contributed by atoms with E-state index in [1.807, 2.05) is 0 Å². The van der Waals surface area contributed by atoms with E-state index in [0.717, 1.165) is 19.7 Å². The Bertz CT molecular complexity index is 246. The van der Waals surface area contributed by atoms with Crippen molar-refractivity contribution in [2.75, 3.05) is 26.3 Å². The topological polar surface area (TPSA) is 41.6 Å². The molecule has 1 saturated heterocycles. The summed E-state index contributed by atoms with van der Waals surface area (Å²) in [7, 11) is 0. The van der Waals surface area contributed by atoms with Gasteiger partial charge in [-0.15, -0.1) is 0 Å². The summed E-state index contributed by atoms with van der Waals surface area (Å²) in [4.78, 5) is 14.3. The molecule has 2 fully saturated rings. The second-order valence-electron chi connectivity index (χ2n) is 5.05. The van der Waals surface area contributed by atoms with Crippen molar-refractivity contribution in [2.24, 2.45) is 0 Å². The zero-order valence-electron chi connectivity index (χ0n) is 10.8. The zero-order valence-corrected chi connectivity index (χ0v) is 10.8. The van der Waals surface area contributed by atoms with Crippen molar-refractivity contribution < 1.29 is 9.53 Å². The van der Waals surface area contributed by atoms with E-state index in [4.69, 9.17) is 4.74 Å². The smallest absolute Gasteiger partial charge is 0.224 e. The maximum absolute atomic E-state index is 12.3. The van der Waals surface area contributed by atoms with Crippen LogP contribution in [0.5, 0.6) is 0 Å². The van der Waals surface area contributed by atoms with Crippen molar-refractivity contribution in [3.63, 3.8) is 0 Å². The predicted molar refractivity (Wildman–Crippen MR) is 66.9 cm³/mol. The number of hydrogen-bond acceptors (Lipinski definition) is 3. The van der Waals surface area contributed by atoms with Gasteiger partial charge in [0.25, 0.3) is 0 Å². The Morgan fingerprint density at radius 3 is 2.76 bits per heavy atom. The molecule has 1 aliphatic carbocycles. The van der Waals surface area contributed by atoms with Gasteiger partial charge in [-0.05, 0) is 19.8 Å². The second-order valence-corrected chi connectivity index (χ2v) is 5.05. The maximum Gasteiger partial charge on any atom is 0.224 e. The highest BCUT2D eigenvalue weighted by Gasteiger charge is 2.27. The molecule has 1 heterocycles. The van der Waals surface area contributed by atoms with E-state index in [0.29, 0.717) is 25.0 Å². The van der Waals surface area contributed by atoms with Crippen molar-refractivity contribution in [2.45, 2.75) is 51.1 Å². The number of carbonyl (C=O) groups is 1. The molecule has 4 nitrogen and oxygen atoms in total. The van der Waals surface area contributed by atoms with Crippen molar-refractivity contribution in [1.29, 1.82) is 0 Å². The molecule has 0 aromatic rings. The van der Waals surface area contributed by atoms with Gasteiger partial charge < -0.3 is 15.0 Å². The largest absolute Gasteiger partial charge is 0.378 e. The fraction of sp³-hybridized carbons (Fsp3) is 0.923. The van der Waals surface area contributed by atoms with Crippen molar-refractivity contribution in [3.05, 3.63) is 0 Å². The second kappa shape index (κ2) is 6.36. The van der Waals surface area contributed by atoms with Gasteiger partial charge in [-0.2, -0.15) is 0 Å².